The van der Waals surface area contributed by atoms with Crippen molar-refractivity contribution in [2.24, 2.45) is 0 Å². The summed E-state index contributed by atoms with van der Waals surface area (Å²) in [7, 11) is 0. The number of benzene rings is 2. The van der Waals surface area contributed by atoms with Crippen molar-refractivity contribution in [3.05, 3.63) is 71.8 Å². The lowest BCUT2D eigenvalue weighted by molar-refractivity contribution is 0.168. The van der Waals surface area contributed by atoms with E-state index in [9.17, 15) is 4.79 Å². The van der Waals surface area contributed by atoms with Gasteiger partial charge in [-0.15, -0.1) is 0 Å². The number of nitrogens with one attached hydrogen (secondary N) is 1. The van der Waals surface area contributed by atoms with Crippen molar-refractivity contribution in [3.63, 3.8) is 0 Å². The fourth-order valence-corrected chi connectivity index (χ4v) is 3.58. The SMILES string of the molecule is CC(C)N(Cc1ccccc1)C(=O)NCC1(c2ccccc2)CCC1. The van der Waals surface area contributed by atoms with E-state index < -0.39 is 0 Å². The lowest BCUT2D eigenvalue weighted by atomic mass is 9.64. The van der Waals surface area contributed by atoms with Gasteiger partial charge in [0.2, 0.25) is 0 Å². The van der Waals surface area contributed by atoms with Gasteiger partial charge in [-0.25, -0.2) is 4.79 Å². The molecule has 2 amide bonds. The predicted octanol–water partition coefficient (Wildman–Crippen LogP) is 4.73. The Morgan fingerprint density at radius 1 is 1.04 bits per heavy atom. The van der Waals surface area contributed by atoms with Gasteiger partial charge in [0.25, 0.3) is 0 Å². The topological polar surface area (TPSA) is 32.3 Å². The Hall–Kier alpha value is -2.29. The molecule has 3 heteroatoms. The fourth-order valence-electron chi connectivity index (χ4n) is 3.58. The normalized spacial score (nSPS) is 15.5. The molecule has 0 bridgehead atoms. The standard InChI is InChI=1S/C22H28N2O/c1-18(2)24(16-19-10-5-3-6-11-19)21(25)23-17-22(14-9-15-22)20-12-7-4-8-13-20/h3-8,10-13,18H,9,14-17H2,1-2H3,(H,23,25). The van der Waals surface area contributed by atoms with Crippen LogP contribution < -0.4 is 5.32 Å². The summed E-state index contributed by atoms with van der Waals surface area (Å²) in [6, 6.07) is 21.0. The summed E-state index contributed by atoms with van der Waals surface area (Å²) in [6.45, 7) is 5.49. The molecular formula is C22H28N2O. The molecule has 1 N–H and O–H groups in total. The van der Waals surface area contributed by atoms with E-state index in [2.05, 4.69) is 61.6 Å². The highest BCUT2D eigenvalue weighted by Crippen LogP contribution is 2.43. The molecule has 132 valence electrons. The van der Waals surface area contributed by atoms with Crippen molar-refractivity contribution >= 4 is 6.03 Å². The predicted molar refractivity (Wildman–Crippen MR) is 102 cm³/mol. The second-order valence-corrected chi connectivity index (χ2v) is 7.37. The molecule has 0 atom stereocenters. The number of carbonyl (C=O) groups excluding carboxylic acids is 1. The number of hydrogen-bond acceptors (Lipinski definition) is 1. The molecule has 1 fully saturated rings. The van der Waals surface area contributed by atoms with Gasteiger partial charge >= 0.3 is 6.03 Å². The second-order valence-electron chi connectivity index (χ2n) is 7.37. The van der Waals surface area contributed by atoms with Crippen LogP contribution in [-0.2, 0) is 12.0 Å². The number of hydrogen-bond donors (Lipinski definition) is 1. The first-order valence-electron chi connectivity index (χ1n) is 9.25. The quantitative estimate of drug-likeness (QED) is 0.813. The van der Waals surface area contributed by atoms with Crippen molar-refractivity contribution in [2.75, 3.05) is 6.54 Å². The zero-order valence-electron chi connectivity index (χ0n) is 15.2. The number of urea groups is 1. The maximum absolute atomic E-state index is 12.8. The van der Waals surface area contributed by atoms with E-state index in [4.69, 9.17) is 0 Å². The van der Waals surface area contributed by atoms with Crippen molar-refractivity contribution in [3.8, 4) is 0 Å². The lowest BCUT2D eigenvalue weighted by Gasteiger charge is -2.43. The van der Waals surface area contributed by atoms with Gasteiger partial charge < -0.3 is 10.2 Å². The van der Waals surface area contributed by atoms with Crippen molar-refractivity contribution in [2.45, 2.75) is 51.1 Å². The molecule has 3 nitrogen and oxygen atoms in total. The smallest absolute Gasteiger partial charge is 0.317 e. The van der Waals surface area contributed by atoms with Crippen LogP contribution >= 0.6 is 0 Å². The lowest BCUT2D eigenvalue weighted by Crippen LogP contribution is -2.50. The average molecular weight is 336 g/mol. The van der Waals surface area contributed by atoms with Crippen LogP contribution in [0, 0.1) is 0 Å². The van der Waals surface area contributed by atoms with E-state index in [1.807, 2.05) is 23.1 Å². The van der Waals surface area contributed by atoms with Crippen LogP contribution in [0.1, 0.15) is 44.2 Å². The number of carbonyl (C=O) groups is 1. The molecule has 1 saturated carbocycles. The third-order valence-corrected chi connectivity index (χ3v) is 5.35. The summed E-state index contributed by atoms with van der Waals surface area (Å²) in [5.74, 6) is 0. The fraction of sp³-hybridized carbons (Fsp3) is 0.409. The summed E-state index contributed by atoms with van der Waals surface area (Å²) in [5.41, 5.74) is 2.63. The second kappa shape index (κ2) is 7.73. The average Bonchev–Trinajstić information content (AvgIpc) is 2.60. The van der Waals surface area contributed by atoms with Gasteiger partial charge in [0, 0.05) is 24.5 Å². The highest BCUT2D eigenvalue weighted by atomic mass is 16.2. The Bertz CT molecular complexity index is 678. The minimum atomic E-state index is 0.0288. The monoisotopic (exact) mass is 336 g/mol. The van der Waals surface area contributed by atoms with E-state index in [1.165, 1.54) is 12.0 Å². The molecule has 2 aromatic carbocycles. The van der Waals surface area contributed by atoms with Gasteiger partial charge in [0.1, 0.15) is 0 Å². The van der Waals surface area contributed by atoms with Gasteiger partial charge in [0.05, 0.1) is 0 Å². The van der Waals surface area contributed by atoms with Crippen molar-refractivity contribution in [1.82, 2.24) is 10.2 Å². The van der Waals surface area contributed by atoms with Crippen LogP contribution in [0.15, 0.2) is 60.7 Å². The third-order valence-electron chi connectivity index (χ3n) is 5.35. The van der Waals surface area contributed by atoms with Crippen molar-refractivity contribution < 1.29 is 4.79 Å². The van der Waals surface area contributed by atoms with Crippen LogP contribution in [0.4, 0.5) is 4.79 Å². The summed E-state index contributed by atoms with van der Waals surface area (Å²) < 4.78 is 0. The Labute approximate surface area is 151 Å². The van der Waals surface area contributed by atoms with E-state index in [1.54, 1.807) is 0 Å². The molecule has 2 aromatic rings. The molecule has 0 aromatic heterocycles. The Balaban J connectivity index is 1.65. The first-order valence-corrected chi connectivity index (χ1v) is 9.25. The van der Waals surface area contributed by atoms with Crippen molar-refractivity contribution in [1.29, 1.82) is 0 Å². The van der Waals surface area contributed by atoms with E-state index >= 15 is 0 Å². The summed E-state index contributed by atoms with van der Waals surface area (Å²) >= 11 is 0. The molecular weight excluding hydrogens is 308 g/mol. The molecule has 0 heterocycles. The van der Waals surface area contributed by atoms with Crippen LogP contribution in [-0.4, -0.2) is 23.5 Å². The molecule has 3 rings (SSSR count). The highest BCUT2D eigenvalue weighted by molar-refractivity contribution is 5.74. The first-order chi connectivity index (χ1) is 12.1. The molecule has 0 saturated heterocycles. The molecule has 0 aliphatic heterocycles. The largest absolute Gasteiger partial charge is 0.337 e. The third kappa shape index (κ3) is 4.04. The minimum absolute atomic E-state index is 0.0288. The van der Waals surface area contributed by atoms with Crippen LogP contribution in [0.25, 0.3) is 0 Å². The van der Waals surface area contributed by atoms with Crippen LogP contribution in [0.5, 0.6) is 0 Å². The molecule has 0 spiro atoms. The Kier molecular flexibility index (Phi) is 5.42. The molecule has 25 heavy (non-hydrogen) atoms. The number of rotatable bonds is 6. The first kappa shape index (κ1) is 17.5. The van der Waals surface area contributed by atoms with E-state index in [0.29, 0.717) is 13.1 Å². The van der Waals surface area contributed by atoms with Gasteiger partial charge in [-0.2, -0.15) is 0 Å². The number of amides is 2. The van der Waals surface area contributed by atoms with Gasteiger partial charge in [0.15, 0.2) is 0 Å². The zero-order valence-corrected chi connectivity index (χ0v) is 15.2. The Morgan fingerprint density at radius 3 is 2.16 bits per heavy atom. The molecule has 0 unspecified atom stereocenters. The zero-order chi connectivity index (χ0) is 17.7. The molecule has 0 radical (unpaired) electrons. The maximum Gasteiger partial charge on any atom is 0.317 e. The minimum Gasteiger partial charge on any atom is -0.337 e. The van der Waals surface area contributed by atoms with Gasteiger partial charge in [-0.05, 0) is 37.8 Å². The number of nitrogens with zero attached hydrogens (tertiary/aromatic N) is 1. The molecule has 1 aliphatic rings. The van der Waals surface area contributed by atoms with E-state index in [0.717, 1.165) is 18.4 Å². The Morgan fingerprint density at radius 2 is 1.64 bits per heavy atom. The maximum atomic E-state index is 12.8. The van der Waals surface area contributed by atoms with Gasteiger partial charge in [-0.3, -0.25) is 0 Å². The summed E-state index contributed by atoms with van der Waals surface area (Å²) in [5, 5.41) is 3.21. The molecule has 1 aliphatic carbocycles. The summed E-state index contributed by atoms with van der Waals surface area (Å²) in [4.78, 5) is 14.7. The highest BCUT2D eigenvalue weighted by Gasteiger charge is 2.39. The van der Waals surface area contributed by atoms with Gasteiger partial charge in [-0.1, -0.05) is 67.1 Å². The van der Waals surface area contributed by atoms with Crippen LogP contribution in [0.3, 0.4) is 0 Å². The summed E-state index contributed by atoms with van der Waals surface area (Å²) in [6.07, 6.45) is 3.54. The van der Waals surface area contributed by atoms with E-state index in [-0.39, 0.29) is 17.5 Å². The van der Waals surface area contributed by atoms with Crippen LogP contribution in [0.2, 0.25) is 0 Å².